The molecule has 0 saturated carbocycles. The fourth-order valence-corrected chi connectivity index (χ4v) is 3.28. The van der Waals surface area contributed by atoms with Gasteiger partial charge in [0.1, 0.15) is 0 Å². The topological polar surface area (TPSA) is 89.4 Å². The summed E-state index contributed by atoms with van der Waals surface area (Å²) < 4.78 is 6.72. The van der Waals surface area contributed by atoms with Crippen LogP contribution in [0.4, 0.5) is 4.79 Å². The van der Waals surface area contributed by atoms with E-state index in [0.29, 0.717) is 44.8 Å². The highest BCUT2D eigenvalue weighted by atomic mass is 16.6. The van der Waals surface area contributed by atoms with Gasteiger partial charge >= 0.3 is 6.09 Å². The number of nitrogens with one attached hydrogen (secondary N) is 1. The van der Waals surface area contributed by atoms with Crippen molar-refractivity contribution < 1.29 is 14.3 Å². The lowest BCUT2D eigenvalue weighted by Crippen LogP contribution is -2.46. The van der Waals surface area contributed by atoms with Gasteiger partial charge in [-0.2, -0.15) is 0 Å². The molecule has 2 aromatic rings. The minimum atomic E-state index is -0.286. The van der Waals surface area contributed by atoms with Gasteiger partial charge in [-0.15, -0.1) is 5.10 Å². The Balaban J connectivity index is 1.41. The second-order valence-corrected chi connectivity index (χ2v) is 6.89. The van der Waals surface area contributed by atoms with Crippen LogP contribution in [0.15, 0.2) is 36.5 Å². The first-order valence-corrected chi connectivity index (χ1v) is 9.82. The molecule has 1 N–H and O–H groups in total. The van der Waals surface area contributed by atoms with E-state index in [2.05, 4.69) is 27.8 Å². The van der Waals surface area contributed by atoms with Crippen molar-refractivity contribution in [3.63, 3.8) is 0 Å². The van der Waals surface area contributed by atoms with E-state index in [4.69, 9.17) is 4.74 Å². The summed E-state index contributed by atoms with van der Waals surface area (Å²) in [6, 6.07) is 10.3. The van der Waals surface area contributed by atoms with Gasteiger partial charge in [-0.1, -0.05) is 35.5 Å². The molecule has 1 aromatic heterocycles. The normalized spacial score (nSPS) is 14.7. The van der Waals surface area contributed by atoms with Crippen molar-refractivity contribution in [3.05, 3.63) is 47.8 Å². The lowest BCUT2D eigenvalue weighted by molar-refractivity contribution is 0.0856. The summed E-state index contributed by atoms with van der Waals surface area (Å²) in [5, 5.41) is 11.0. The highest BCUT2D eigenvalue weighted by molar-refractivity contribution is 5.92. The molecule has 0 atom stereocenters. The minimum Gasteiger partial charge on any atom is -0.450 e. The van der Waals surface area contributed by atoms with Crippen LogP contribution < -0.4 is 5.32 Å². The predicted molar refractivity (Wildman–Crippen MR) is 104 cm³/mol. The first kappa shape index (κ1) is 19.9. The van der Waals surface area contributed by atoms with E-state index in [0.717, 1.165) is 12.8 Å². The number of hydrogen-bond donors (Lipinski definition) is 1. The van der Waals surface area contributed by atoms with E-state index in [1.807, 2.05) is 18.2 Å². The average molecular weight is 385 g/mol. The molecule has 0 spiro atoms. The Bertz CT molecular complexity index is 769. The molecule has 1 aliphatic heterocycles. The summed E-state index contributed by atoms with van der Waals surface area (Å²) in [6.45, 7) is 4.04. The number of aromatic nitrogens is 3. The number of likely N-dealkylation sites (tertiary alicyclic amines) is 1. The van der Waals surface area contributed by atoms with E-state index in [-0.39, 0.29) is 18.0 Å². The predicted octanol–water partition coefficient (Wildman–Crippen LogP) is 2.26. The minimum absolute atomic E-state index is 0.0291. The van der Waals surface area contributed by atoms with Crippen LogP contribution in [-0.4, -0.2) is 57.6 Å². The van der Waals surface area contributed by atoms with Gasteiger partial charge in [0.15, 0.2) is 5.69 Å². The molecule has 1 aromatic carbocycles. The average Bonchev–Trinajstić information content (AvgIpc) is 3.19. The van der Waals surface area contributed by atoms with Gasteiger partial charge in [-0.05, 0) is 38.2 Å². The summed E-state index contributed by atoms with van der Waals surface area (Å²) in [5.74, 6) is -0.219. The van der Waals surface area contributed by atoms with E-state index in [1.165, 1.54) is 5.56 Å². The molecule has 0 radical (unpaired) electrons. The lowest BCUT2D eigenvalue weighted by atomic mass is 10.1. The Morgan fingerprint density at radius 1 is 1.21 bits per heavy atom. The van der Waals surface area contributed by atoms with Crippen LogP contribution in [0.5, 0.6) is 0 Å². The van der Waals surface area contributed by atoms with Gasteiger partial charge < -0.3 is 15.0 Å². The SMILES string of the molecule is CCOC(=O)N1CCC(NC(=O)c2cn(CCCc3ccccc3)nn2)CC1. The second-order valence-electron chi connectivity index (χ2n) is 6.89. The molecule has 8 heteroatoms. The number of benzene rings is 1. The molecule has 8 nitrogen and oxygen atoms in total. The highest BCUT2D eigenvalue weighted by Gasteiger charge is 2.25. The van der Waals surface area contributed by atoms with Gasteiger partial charge in [0.05, 0.1) is 12.8 Å². The second kappa shape index (κ2) is 9.87. The molecule has 150 valence electrons. The Labute approximate surface area is 164 Å². The molecule has 0 aliphatic carbocycles. The van der Waals surface area contributed by atoms with E-state index in [1.54, 1.807) is 22.7 Å². The van der Waals surface area contributed by atoms with Crippen molar-refractivity contribution in [3.8, 4) is 0 Å². The maximum Gasteiger partial charge on any atom is 0.409 e. The van der Waals surface area contributed by atoms with Crippen LogP contribution in [0.25, 0.3) is 0 Å². The van der Waals surface area contributed by atoms with E-state index < -0.39 is 0 Å². The van der Waals surface area contributed by atoms with Crippen molar-refractivity contribution in [2.45, 2.75) is 45.2 Å². The van der Waals surface area contributed by atoms with Crippen molar-refractivity contribution in [2.24, 2.45) is 0 Å². The van der Waals surface area contributed by atoms with Gasteiger partial charge in [-0.25, -0.2) is 4.79 Å². The lowest BCUT2D eigenvalue weighted by Gasteiger charge is -2.31. The number of piperidine rings is 1. The van der Waals surface area contributed by atoms with Crippen LogP contribution >= 0.6 is 0 Å². The number of rotatable bonds is 7. The van der Waals surface area contributed by atoms with Crippen LogP contribution in [0.1, 0.15) is 42.2 Å². The van der Waals surface area contributed by atoms with Gasteiger partial charge in [-0.3, -0.25) is 9.48 Å². The number of aryl methyl sites for hydroxylation is 2. The van der Waals surface area contributed by atoms with Crippen LogP contribution in [-0.2, 0) is 17.7 Å². The molecular formula is C20H27N5O3. The first-order valence-electron chi connectivity index (χ1n) is 9.82. The Hall–Kier alpha value is -2.90. The molecular weight excluding hydrogens is 358 g/mol. The molecule has 1 fully saturated rings. The van der Waals surface area contributed by atoms with Crippen molar-refractivity contribution in [2.75, 3.05) is 19.7 Å². The molecule has 28 heavy (non-hydrogen) atoms. The summed E-state index contributed by atoms with van der Waals surface area (Å²) in [4.78, 5) is 25.8. The maximum absolute atomic E-state index is 12.4. The fraction of sp³-hybridized carbons (Fsp3) is 0.500. The van der Waals surface area contributed by atoms with Gasteiger partial charge in [0.2, 0.25) is 0 Å². The van der Waals surface area contributed by atoms with Crippen molar-refractivity contribution in [1.82, 2.24) is 25.2 Å². The number of amides is 2. The maximum atomic E-state index is 12.4. The molecule has 2 heterocycles. The first-order chi connectivity index (χ1) is 13.7. The molecule has 1 saturated heterocycles. The van der Waals surface area contributed by atoms with Gasteiger partial charge in [0.25, 0.3) is 5.91 Å². The fourth-order valence-electron chi connectivity index (χ4n) is 3.28. The molecule has 0 bridgehead atoms. The van der Waals surface area contributed by atoms with Crippen molar-refractivity contribution >= 4 is 12.0 Å². The Kier molecular flexibility index (Phi) is 7.00. The van der Waals surface area contributed by atoms with Crippen LogP contribution in [0, 0.1) is 0 Å². The molecule has 2 amide bonds. The Morgan fingerprint density at radius 3 is 2.68 bits per heavy atom. The zero-order chi connectivity index (χ0) is 19.8. The zero-order valence-electron chi connectivity index (χ0n) is 16.2. The Morgan fingerprint density at radius 2 is 1.96 bits per heavy atom. The number of carbonyl (C=O) groups excluding carboxylic acids is 2. The third kappa shape index (κ3) is 5.55. The molecule has 1 aliphatic rings. The van der Waals surface area contributed by atoms with Crippen LogP contribution in [0.3, 0.4) is 0 Å². The summed E-state index contributed by atoms with van der Waals surface area (Å²) in [5.41, 5.74) is 1.61. The van der Waals surface area contributed by atoms with E-state index in [9.17, 15) is 9.59 Å². The summed E-state index contributed by atoms with van der Waals surface area (Å²) in [6.07, 6.45) is 4.70. The number of carbonyl (C=O) groups is 2. The number of ether oxygens (including phenoxy) is 1. The highest BCUT2D eigenvalue weighted by Crippen LogP contribution is 2.12. The largest absolute Gasteiger partial charge is 0.450 e. The van der Waals surface area contributed by atoms with Crippen molar-refractivity contribution in [1.29, 1.82) is 0 Å². The van der Waals surface area contributed by atoms with E-state index >= 15 is 0 Å². The molecule has 0 unspecified atom stereocenters. The van der Waals surface area contributed by atoms with Gasteiger partial charge in [0, 0.05) is 25.7 Å². The monoisotopic (exact) mass is 385 g/mol. The quantitative estimate of drug-likeness (QED) is 0.790. The summed E-state index contributed by atoms with van der Waals surface area (Å²) in [7, 11) is 0. The third-order valence-electron chi connectivity index (χ3n) is 4.82. The zero-order valence-corrected chi connectivity index (χ0v) is 16.2. The molecule has 3 rings (SSSR count). The third-order valence-corrected chi connectivity index (χ3v) is 4.82. The summed E-state index contributed by atoms with van der Waals surface area (Å²) >= 11 is 0. The number of hydrogen-bond acceptors (Lipinski definition) is 5. The van der Waals surface area contributed by atoms with Crippen LogP contribution in [0.2, 0.25) is 0 Å². The standard InChI is InChI=1S/C20H27N5O3/c1-2-28-20(27)24-13-10-17(11-14-24)21-19(26)18-15-25(23-22-18)12-6-9-16-7-4-3-5-8-16/h3-5,7-8,15,17H,2,6,9-14H2,1H3,(H,21,26). The smallest absolute Gasteiger partial charge is 0.409 e. The number of nitrogens with zero attached hydrogens (tertiary/aromatic N) is 4.